The zero-order valence-electron chi connectivity index (χ0n) is 11.5. The zero-order valence-corrected chi connectivity index (χ0v) is 12.3. The second-order valence-electron chi connectivity index (χ2n) is 4.90. The normalized spacial score (nSPS) is 17.6. The molecule has 0 radical (unpaired) electrons. The van der Waals surface area contributed by atoms with Gasteiger partial charge in [0.2, 0.25) is 11.0 Å². The van der Waals surface area contributed by atoms with Gasteiger partial charge in [0.05, 0.1) is 0 Å². The quantitative estimate of drug-likeness (QED) is 0.870. The number of piperazine rings is 1. The zero-order chi connectivity index (χ0) is 13.8. The number of aryl methyl sites for hydroxylation is 1. The summed E-state index contributed by atoms with van der Waals surface area (Å²) in [4.78, 5) is 20.5. The average molecular weight is 283 g/mol. The fourth-order valence-corrected chi connectivity index (χ4v) is 2.87. The maximum absolute atomic E-state index is 11.9. The van der Waals surface area contributed by atoms with Crippen molar-refractivity contribution in [3.8, 4) is 0 Å². The van der Waals surface area contributed by atoms with E-state index in [-0.39, 0.29) is 11.9 Å². The van der Waals surface area contributed by atoms with Gasteiger partial charge in [-0.15, -0.1) is 0 Å². The van der Waals surface area contributed by atoms with E-state index in [0.717, 1.165) is 43.6 Å². The first-order valence-electron chi connectivity index (χ1n) is 6.71. The molecule has 7 heteroatoms. The number of rotatable bonds is 4. The van der Waals surface area contributed by atoms with Gasteiger partial charge < -0.3 is 15.5 Å². The maximum Gasteiger partial charge on any atom is 0.224 e. The van der Waals surface area contributed by atoms with Gasteiger partial charge in [0, 0.05) is 56.6 Å². The minimum Gasteiger partial charge on any atom is -0.343 e. The first-order valence-corrected chi connectivity index (χ1v) is 7.48. The van der Waals surface area contributed by atoms with Crippen LogP contribution >= 0.6 is 11.5 Å². The number of hydrogen-bond acceptors (Lipinski definition) is 6. The molecule has 0 spiro atoms. The van der Waals surface area contributed by atoms with E-state index in [1.807, 2.05) is 11.8 Å². The summed E-state index contributed by atoms with van der Waals surface area (Å²) in [5, 5.41) is 0.969. The van der Waals surface area contributed by atoms with Crippen LogP contribution in [0.2, 0.25) is 0 Å². The van der Waals surface area contributed by atoms with Gasteiger partial charge in [-0.25, -0.2) is 4.98 Å². The molecule has 1 fully saturated rings. The van der Waals surface area contributed by atoms with Gasteiger partial charge in [-0.2, -0.15) is 4.37 Å². The van der Waals surface area contributed by atoms with E-state index < -0.39 is 0 Å². The van der Waals surface area contributed by atoms with Crippen LogP contribution < -0.4 is 10.6 Å². The summed E-state index contributed by atoms with van der Waals surface area (Å²) < 4.78 is 4.30. The molecule has 1 aromatic rings. The molecule has 6 nitrogen and oxygen atoms in total. The van der Waals surface area contributed by atoms with Crippen molar-refractivity contribution >= 4 is 22.6 Å². The van der Waals surface area contributed by atoms with Gasteiger partial charge in [0.1, 0.15) is 5.82 Å². The molecular weight excluding hydrogens is 262 g/mol. The van der Waals surface area contributed by atoms with Gasteiger partial charge >= 0.3 is 0 Å². The third-order valence-corrected chi connectivity index (χ3v) is 3.99. The second-order valence-corrected chi connectivity index (χ2v) is 5.63. The Bertz CT molecular complexity index is 426. The van der Waals surface area contributed by atoms with Crippen LogP contribution in [0.5, 0.6) is 0 Å². The number of carbonyl (C=O) groups is 1. The lowest BCUT2D eigenvalue weighted by molar-refractivity contribution is -0.131. The molecule has 0 saturated carbocycles. The lowest BCUT2D eigenvalue weighted by Crippen LogP contribution is -2.49. The van der Waals surface area contributed by atoms with Crippen LogP contribution in [-0.2, 0) is 11.2 Å². The number of carbonyl (C=O) groups excluding carboxylic acids is 1. The molecule has 106 valence electrons. The molecule has 1 atom stereocenters. The highest BCUT2D eigenvalue weighted by Gasteiger charge is 2.23. The minimum absolute atomic E-state index is 0.0687. The molecule has 1 aromatic heterocycles. The lowest BCUT2D eigenvalue weighted by Gasteiger charge is -2.34. The predicted molar refractivity (Wildman–Crippen MR) is 76.3 cm³/mol. The number of aromatic nitrogens is 2. The van der Waals surface area contributed by atoms with Crippen LogP contribution in [0, 0.1) is 0 Å². The van der Waals surface area contributed by atoms with Crippen LogP contribution in [0.3, 0.4) is 0 Å². The van der Waals surface area contributed by atoms with Crippen LogP contribution in [0.1, 0.15) is 26.1 Å². The highest BCUT2D eigenvalue weighted by atomic mass is 32.1. The number of nitrogens with zero attached hydrogens (tertiary/aromatic N) is 4. The Hall–Kier alpha value is -1.21. The molecule has 1 amide bonds. The highest BCUT2D eigenvalue weighted by Crippen LogP contribution is 2.19. The van der Waals surface area contributed by atoms with Crippen molar-refractivity contribution in [3.05, 3.63) is 5.82 Å². The summed E-state index contributed by atoms with van der Waals surface area (Å²) in [5.74, 6) is 1.05. The molecule has 1 aliphatic heterocycles. The highest BCUT2D eigenvalue weighted by molar-refractivity contribution is 7.09. The molecule has 2 N–H and O–H groups in total. The Balaban J connectivity index is 1.86. The second kappa shape index (κ2) is 6.29. The summed E-state index contributed by atoms with van der Waals surface area (Å²) in [6, 6.07) is -0.0687. The fourth-order valence-electron chi connectivity index (χ4n) is 2.07. The molecule has 1 saturated heterocycles. The van der Waals surface area contributed by atoms with Crippen molar-refractivity contribution in [1.82, 2.24) is 14.3 Å². The minimum atomic E-state index is -0.0687. The predicted octanol–water partition coefficient (Wildman–Crippen LogP) is 0.486. The van der Waals surface area contributed by atoms with Crippen molar-refractivity contribution in [3.63, 3.8) is 0 Å². The largest absolute Gasteiger partial charge is 0.343 e. The van der Waals surface area contributed by atoms with E-state index >= 15 is 0 Å². The molecule has 2 rings (SSSR count). The SMILES string of the molecule is CCc1nsc(N2CCN(C(=O)CC(C)N)CC2)n1. The summed E-state index contributed by atoms with van der Waals surface area (Å²) in [5.41, 5.74) is 5.66. The summed E-state index contributed by atoms with van der Waals surface area (Å²) >= 11 is 1.44. The lowest BCUT2D eigenvalue weighted by atomic mass is 10.2. The van der Waals surface area contributed by atoms with Gasteiger partial charge in [0.25, 0.3) is 0 Å². The molecule has 0 bridgehead atoms. The molecular formula is C12H21N5OS. The van der Waals surface area contributed by atoms with E-state index in [0.29, 0.717) is 6.42 Å². The molecule has 0 aliphatic carbocycles. The van der Waals surface area contributed by atoms with Gasteiger partial charge in [-0.05, 0) is 6.92 Å². The third kappa shape index (κ3) is 3.63. The van der Waals surface area contributed by atoms with Crippen LogP contribution in [0.4, 0.5) is 5.13 Å². The van der Waals surface area contributed by atoms with Crippen LogP contribution in [0.25, 0.3) is 0 Å². The summed E-state index contributed by atoms with van der Waals surface area (Å²) in [6.45, 7) is 7.04. The first kappa shape index (κ1) is 14.2. The van der Waals surface area contributed by atoms with E-state index in [2.05, 4.69) is 21.2 Å². The average Bonchev–Trinajstić information content (AvgIpc) is 2.87. The Labute approximate surface area is 117 Å². The van der Waals surface area contributed by atoms with Crippen LogP contribution in [-0.4, -0.2) is 52.4 Å². The van der Waals surface area contributed by atoms with Crippen molar-refractivity contribution in [2.24, 2.45) is 5.73 Å². The Morgan fingerprint density at radius 3 is 2.63 bits per heavy atom. The molecule has 1 aliphatic rings. The van der Waals surface area contributed by atoms with Crippen molar-refractivity contribution in [1.29, 1.82) is 0 Å². The standard InChI is InChI=1S/C12H21N5OS/c1-3-10-14-12(19-15-10)17-6-4-16(5-7-17)11(18)8-9(2)13/h9H,3-8,13H2,1-2H3. The summed E-state index contributed by atoms with van der Waals surface area (Å²) in [7, 11) is 0. The van der Waals surface area contributed by atoms with E-state index in [4.69, 9.17) is 5.73 Å². The van der Waals surface area contributed by atoms with Crippen LogP contribution in [0.15, 0.2) is 0 Å². The smallest absolute Gasteiger partial charge is 0.224 e. The van der Waals surface area contributed by atoms with Gasteiger partial charge in [-0.1, -0.05) is 6.92 Å². The Morgan fingerprint density at radius 1 is 1.42 bits per heavy atom. The molecule has 2 heterocycles. The number of nitrogens with two attached hydrogens (primary N) is 1. The van der Waals surface area contributed by atoms with Crippen molar-refractivity contribution in [2.75, 3.05) is 31.1 Å². The molecule has 1 unspecified atom stereocenters. The van der Waals surface area contributed by atoms with Crippen molar-refractivity contribution in [2.45, 2.75) is 32.7 Å². The number of anilines is 1. The topological polar surface area (TPSA) is 75.4 Å². The van der Waals surface area contributed by atoms with Gasteiger partial charge in [0.15, 0.2) is 0 Å². The molecule has 19 heavy (non-hydrogen) atoms. The summed E-state index contributed by atoms with van der Waals surface area (Å²) in [6.07, 6.45) is 1.29. The van der Waals surface area contributed by atoms with Crippen molar-refractivity contribution < 1.29 is 4.79 Å². The Kier molecular flexibility index (Phi) is 4.71. The fraction of sp³-hybridized carbons (Fsp3) is 0.750. The third-order valence-electron chi connectivity index (χ3n) is 3.17. The van der Waals surface area contributed by atoms with Gasteiger partial charge in [-0.3, -0.25) is 4.79 Å². The van der Waals surface area contributed by atoms with E-state index in [1.165, 1.54) is 11.5 Å². The first-order chi connectivity index (χ1) is 9.10. The number of hydrogen-bond donors (Lipinski definition) is 1. The Morgan fingerprint density at radius 2 is 2.11 bits per heavy atom. The monoisotopic (exact) mass is 283 g/mol. The van der Waals surface area contributed by atoms with E-state index in [1.54, 1.807) is 0 Å². The maximum atomic E-state index is 11.9. The van der Waals surface area contributed by atoms with E-state index in [9.17, 15) is 4.79 Å². The molecule has 0 aromatic carbocycles. The number of amides is 1.